The number of carbonyl (C=O) groups excluding carboxylic acids is 1. The maximum absolute atomic E-state index is 13.1. The van der Waals surface area contributed by atoms with Crippen LogP contribution in [0.1, 0.15) is 66.1 Å². The van der Waals surface area contributed by atoms with Crippen LogP contribution in [0.2, 0.25) is 0 Å². The summed E-state index contributed by atoms with van der Waals surface area (Å²) < 4.78 is 10.9. The Morgan fingerprint density at radius 2 is 2.00 bits per heavy atom. The number of hydrogen-bond acceptors (Lipinski definition) is 5. The second kappa shape index (κ2) is 7.56. The molecule has 2 atom stereocenters. The van der Waals surface area contributed by atoms with Crippen molar-refractivity contribution in [3.63, 3.8) is 0 Å². The average molecular weight is 415 g/mol. The van der Waals surface area contributed by atoms with Crippen molar-refractivity contribution >= 4 is 22.2 Å². The van der Waals surface area contributed by atoms with Gasteiger partial charge in [-0.2, -0.15) is 0 Å². The van der Waals surface area contributed by atoms with Crippen molar-refractivity contribution in [3.8, 4) is 11.5 Å². The summed E-state index contributed by atoms with van der Waals surface area (Å²) in [7, 11) is 3.28. The fourth-order valence-corrected chi connectivity index (χ4v) is 5.83. The van der Waals surface area contributed by atoms with E-state index in [2.05, 4.69) is 31.4 Å². The van der Waals surface area contributed by atoms with Crippen LogP contribution >= 0.6 is 11.3 Å². The van der Waals surface area contributed by atoms with Crippen LogP contribution < -0.4 is 20.1 Å². The summed E-state index contributed by atoms with van der Waals surface area (Å²) in [5.74, 6) is 2.12. The standard InChI is InChI=1S/C23H30N2O3S/c1-6-23(2,3)13-7-9-15-18(11-13)29-22-19(15)21(26)24-20(25-22)16-12-14(27-4)8-10-17(16)28-5/h8,10,12-13,20,25H,6-7,9,11H2,1-5H3,(H,24,26)/t13-,20-/m0/s1. The highest BCUT2D eigenvalue weighted by Crippen LogP contribution is 2.47. The topological polar surface area (TPSA) is 59.6 Å². The maximum Gasteiger partial charge on any atom is 0.256 e. The van der Waals surface area contributed by atoms with Crippen LogP contribution in [-0.2, 0) is 12.8 Å². The monoisotopic (exact) mass is 414 g/mol. The Balaban J connectivity index is 1.66. The number of carbonyl (C=O) groups is 1. The minimum atomic E-state index is -0.344. The van der Waals surface area contributed by atoms with Crippen LogP contribution in [-0.4, -0.2) is 20.1 Å². The largest absolute Gasteiger partial charge is 0.497 e. The highest BCUT2D eigenvalue weighted by Gasteiger charge is 2.37. The van der Waals surface area contributed by atoms with Crippen molar-refractivity contribution in [2.24, 2.45) is 11.3 Å². The van der Waals surface area contributed by atoms with Gasteiger partial charge in [0.1, 0.15) is 22.7 Å². The third-order valence-corrected chi connectivity index (χ3v) is 7.99. The molecule has 6 heteroatoms. The molecule has 1 aromatic heterocycles. The van der Waals surface area contributed by atoms with Gasteiger partial charge in [0.15, 0.2) is 0 Å². The predicted octanol–water partition coefficient (Wildman–Crippen LogP) is 5.16. The lowest BCUT2D eigenvalue weighted by Crippen LogP contribution is -2.38. The van der Waals surface area contributed by atoms with E-state index in [1.165, 1.54) is 16.9 Å². The third-order valence-electron chi connectivity index (χ3n) is 6.81. The van der Waals surface area contributed by atoms with Crippen LogP contribution in [0.4, 0.5) is 5.00 Å². The second-order valence-electron chi connectivity index (χ2n) is 8.65. The minimum Gasteiger partial charge on any atom is -0.497 e. The van der Waals surface area contributed by atoms with Gasteiger partial charge in [-0.25, -0.2) is 0 Å². The molecule has 0 saturated heterocycles. The highest BCUT2D eigenvalue weighted by molar-refractivity contribution is 7.16. The minimum absolute atomic E-state index is 0.000625. The Morgan fingerprint density at radius 3 is 2.69 bits per heavy atom. The molecule has 1 amide bonds. The maximum atomic E-state index is 13.1. The van der Waals surface area contributed by atoms with Crippen LogP contribution in [0.3, 0.4) is 0 Å². The summed E-state index contributed by atoms with van der Waals surface area (Å²) in [6, 6.07) is 5.64. The van der Waals surface area contributed by atoms with Crippen molar-refractivity contribution in [1.82, 2.24) is 5.32 Å². The first-order valence-electron chi connectivity index (χ1n) is 10.3. The van der Waals surface area contributed by atoms with E-state index in [1.54, 1.807) is 25.6 Å². The van der Waals surface area contributed by atoms with Crippen molar-refractivity contribution < 1.29 is 14.3 Å². The number of hydrogen-bond donors (Lipinski definition) is 2. The average Bonchev–Trinajstić information content (AvgIpc) is 3.11. The van der Waals surface area contributed by atoms with E-state index >= 15 is 0 Å². The van der Waals surface area contributed by atoms with Crippen molar-refractivity contribution in [2.45, 2.75) is 52.6 Å². The molecule has 4 rings (SSSR count). The lowest BCUT2D eigenvalue weighted by atomic mass is 9.69. The molecule has 0 saturated carbocycles. The first-order chi connectivity index (χ1) is 13.9. The molecule has 2 heterocycles. The molecule has 0 bridgehead atoms. The first-order valence-corrected chi connectivity index (χ1v) is 11.1. The molecule has 1 aliphatic carbocycles. The number of fused-ring (bicyclic) bond motifs is 3. The molecule has 2 aromatic rings. The number of ether oxygens (including phenoxy) is 2. The van der Waals surface area contributed by atoms with Gasteiger partial charge in [-0.1, -0.05) is 27.2 Å². The molecule has 156 valence electrons. The molecule has 29 heavy (non-hydrogen) atoms. The lowest BCUT2D eigenvalue weighted by molar-refractivity contribution is 0.0934. The fourth-order valence-electron chi connectivity index (χ4n) is 4.47. The number of thiophene rings is 1. The molecule has 1 aliphatic heterocycles. The van der Waals surface area contributed by atoms with E-state index in [0.717, 1.165) is 46.9 Å². The fraction of sp³-hybridized carbons (Fsp3) is 0.522. The number of rotatable bonds is 5. The van der Waals surface area contributed by atoms with E-state index in [1.807, 2.05) is 18.2 Å². The predicted molar refractivity (Wildman–Crippen MR) is 117 cm³/mol. The van der Waals surface area contributed by atoms with Crippen LogP contribution in [0, 0.1) is 11.3 Å². The molecule has 0 spiro atoms. The molecular weight excluding hydrogens is 384 g/mol. The summed E-state index contributed by atoms with van der Waals surface area (Å²) in [6.07, 6.45) is 4.03. The molecule has 0 fully saturated rings. The smallest absolute Gasteiger partial charge is 0.256 e. The van der Waals surface area contributed by atoms with Crippen LogP contribution in [0.5, 0.6) is 11.5 Å². The zero-order valence-corrected chi connectivity index (χ0v) is 18.7. The second-order valence-corrected chi connectivity index (χ2v) is 9.75. The molecule has 0 radical (unpaired) electrons. The van der Waals surface area contributed by atoms with Crippen LogP contribution in [0.25, 0.3) is 0 Å². The quantitative estimate of drug-likeness (QED) is 0.709. The number of anilines is 1. The Morgan fingerprint density at radius 1 is 1.21 bits per heavy atom. The Hall–Kier alpha value is -2.21. The number of amides is 1. The van der Waals surface area contributed by atoms with E-state index in [-0.39, 0.29) is 12.1 Å². The summed E-state index contributed by atoms with van der Waals surface area (Å²) in [5.41, 5.74) is 3.28. The molecule has 0 unspecified atom stereocenters. The van der Waals surface area contributed by atoms with E-state index in [9.17, 15) is 4.79 Å². The zero-order chi connectivity index (χ0) is 20.8. The van der Waals surface area contributed by atoms with E-state index in [0.29, 0.717) is 11.3 Å². The van der Waals surface area contributed by atoms with Gasteiger partial charge in [-0.3, -0.25) is 4.79 Å². The van der Waals surface area contributed by atoms with Gasteiger partial charge in [0.2, 0.25) is 0 Å². The van der Waals surface area contributed by atoms with Gasteiger partial charge in [-0.15, -0.1) is 11.3 Å². The van der Waals surface area contributed by atoms with Crippen molar-refractivity contribution in [2.75, 3.05) is 19.5 Å². The summed E-state index contributed by atoms with van der Waals surface area (Å²) in [5, 5.41) is 7.65. The Kier molecular flexibility index (Phi) is 5.23. The first kappa shape index (κ1) is 20.1. The SMILES string of the molecule is CCC(C)(C)[C@H]1CCc2c(sc3c2C(=O)N[C@H](c2cc(OC)ccc2OC)N3)C1. The van der Waals surface area contributed by atoms with Gasteiger partial charge >= 0.3 is 0 Å². The normalized spacial score (nSPS) is 20.9. The van der Waals surface area contributed by atoms with Gasteiger partial charge in [-0.05, 0) is 54.4 Å². The van der Waals surface area contributed by atoms with Gasteiger partial charge in [0.25, 0.3) is 5.91 Å². The van der Waals surface area contributed by atoms with E-state index < -0.39 is 0 Å². The molecule has 5 nitrogen and oxygen atoms in total. The zero-order valence-electron chi connectivity index (χ0n) is 17.8. The Labute approximate surface area is 176 Å². The van der Waals surface area contributed by atoms with E-state index in [4.69, 9.17) is 9.47 Å². The van der Waals surface area contributed by atoms with Crippen molar-refractivity contribution in [3.05, 3.63) is 39.8 Å². The van der Waals surface area contributed by atoms with Gasteiger partial charge in [0.05, 0.1) is 19.8 Å². The Bertz CT molecular complexity index is 934. The molecule has 2 N–H and O–H groups in total. The number of nitrogens with one attached hydrogen (secondary N) is 2. The van der Waals surface area contributed by atoms with Crippen molar-refractivity contribution in [1.29, 1.82) is 0 Å². The molecule has 2 aliphatic rings. The summed E-state index contributed by atoms with van der Waals surface area (Å²) in [4.78, 5) is 14.4. The highest BCUT2D eigenvalue weighted by atomic mass is 32.1. The molecule has 1 aromatic carbocycles. The molecular formula is C23H30N2O3S. The third kappa shape index (κ3) is 3.48. The summed E-state index contributed by atoms with van der Waals surface area (Å²) in [6.45, 7) is 7.01. The van der Waals surface area contributed by atoms with Gasteiger partial charge < -0.3 is 20.1 Å². The van der Waals surface area contributed by atoms with Gasteiger partial charge in [0, 0.05) is 10.4 Å². The summed E-state index contributed by atoms with van der Waals surface area (Å²) >= 11 is 1.75. The van der Waals surface area contributed by atoms with Crippen LogP contribution in [0.15, 0.2) is 18.2 Å². The number of benzene rings is 1. The lowest BCUT2D eigenvalue weighted by Gasteiger charge is -2.36. The number of methoxy groups -OCH3 is 2.